The number of nitrogens with two attached hydrogens (primary N) is 1. The van der Waals surface area contributed by atoms with Gasteiger partial charge in [0.2, 0.25) is 0 Å². The van der Waals surface area contributed by atoms with Crippen LogP contribution in [0.3, 0.4) is 0 Å². The number of ether oxygens (including phenoxy) is 1. The number of carbonyl (C=O) groups is 1. The molecule has 0 aliphatic heterocycles. The van der Waals surface area contributed by atoms with Gasteiger partial charge in [-0.25, -0.2) is 0 Å². The van der Waals surface area contributed by atoms with Gasteiger partial charge in [0.1, 0.15) is 5.75 Å². The molecule has 1 amide bonds. The van der Waals surface area contributed by atoms with E-state index < -0.39 is 0 Å². The molecule has 1 saturated carbocycles. The Balaban J connectivity index is 2.16. The van der Waals surface area contributed by atoms with E-state index in [9.17, 15) is 4.79 Å². The zero-order valence-electron chi connectivity index (χ0n) is 11.7. The van der Waals surface area contributed by atoms with Crippen LogP contribution in [-0.4, -0.2) is 35.0 Å². The van der Waals surface area contributed by atoms with Crippen molar-refractivity contribution in [2.45, 2.75) is 32.2 Å². The molecule has 2 N–H and O–H groups in total. The van der Waals surface area contributed by atoms with E-state index in [0.29, 0.717) is 41.9 Å². The Morgan fingerprint density at radius 2 is 2.15 bits per heavy atom. The fraction of sp³-hybridized carbons (Fsp3) is 0.467. The van der Waals surface area contributed by atoms with Crippen molar-refractivity contribution in [1.82, 2.24) is 4.90 Å². The van der Waals surface area contributed by atoms with Crippen molar-refractivity contribution in [2.75, 3.05) is 13.2 Å². The summed E-state index contributed by atoms with van der Waals surface area (Å²) in [6, 6.07) is 7.69. The number of benzene rings is 1. The smallest absolute Gasteiger partial charge is 0.257 e. The van der Waals surface area contributed by atoms with Crippen molar-refractivity contribution in [2.24, 2.45) is 5.73 Å². The third-order valence-electron chi connectivity index (χ3n) is 3.26. The predicted octanol–water partition coefficient (Wildman–Crippen LogP) is 2.37. The predicted molar refractivity (Wildman–Crippen MR) is 83.1 cm³/mol. The van der Waals surface area contributed by atoms with E-state index >= 15 is 0 Å². The van der Waals surface area contributed by atoms with Gasteiger partial charge in [-0.15, -0.1) is 0 Å². The molecular formula is C15H20N2O2S. The van der Waals surface area contributed by atoms with E-state index in [0.717, 1.165) is 12.8 Å². The molecule has 1 aliphatic carbocycles. The molecule has 108 valence electrons. The molecule has 0 atom stereocenters. The molecular weight excluding hydrogens is 272 g/mol. The lowest BCUT2D eigenvalue weighted by Crippen LogP contribution is -2.35. The van der Waals surface area contributed by atoms with Crippen molar-refractivity contribution < 1.29 is 9.53 Å². The second-order valence-corrected chi connectivity index (χ2v) is 5.40. The van der Waals surface area contributed by atoms with Crippen LogP contribution in [0, 0.1) is 0 Å². The number of rotatable bonds is 7. The van der Waals surface area contributed by atoms with E-state index in [1.807, 2.05) is 36.1 Å². The topological polar surface area (TPSA) is 55.6 Å². The maximum Gasteiger partial charge on any atom is 0.257 e. The molecule has 20 heavy (non-hydrogen) atoms. The van der Waals surface area contributed by atoms with Gasteiger partial charge in [0, 0.05) is 19.0 Å². The Labute approximate surface area is 124 Å². The largest absolute Gasteiger partial charge is 0.493 e. The van der Waals surface area contributed by atoms with Crippen molar-refractivity contribution in [3.8, 4) is 5.75 Å². The van der Waals surface area contributed by atoms with Crippen LogP contribution in [0.25, 0.3) is 0 Å². The fourth-order valence-corrected chi connectivity index (χ4v) is 2.24. The number of carbonyl (C=O) groups excluding carboxylic acids is 1. The summed E-state index contributed by atoms with van der Waals surface area (Å²) >= 11 is 4.91. The number of hydrogen-bond donors (Lipinski definition) is 1. The second-order valence-electron chi connectivity index (χ2n) is 4.88. The molecule has 0 bridgehead atoms. The van der Waals surface area contributed by atoms with Crippen LogP contribution in [-0.2, 0) is 0 Å². The Morgan fingerprint density at radius 3 is 2.75 bits per heavy atom. The van der Waals surface area contributed by atoms with Gasteiger partial charge >= 0.3 is 0 Å². The first-order valence-corrected chi connectivity index (χ1v) is 7.35. The third-order valence-corrected chi connectivity index (χ3v) is 3.47. The zero-order valence-corrected chi connectivity index (χ0v) is 12.5. The van der Waals surface area contributed by atoms with Crippen LogP contribution in [0.4, 0.5) is 0 Å². The lowest BCUT2D eigenvalue weighted by Gasteiger charge is -2.23. The summed E-state index contributed by atoms with van der Waals surface area (Å²) in [4.78, 5) is 15.0. The average molecular weight is 292 g/mol. The first-order valence-electron chi connectivity index (χ1n) is 6.94. The van der Waals surface area contributed by atoms with Gasteiger partial charge in [-0.2, -0.15) is 0 Å². The first-order chi connectivity index (χ1) is 9.63. The Hall–Kier alpha value is -1.62. The molecule has 4 nitrogen and oxygen atoms in total. The number of hydrogen-bond acceptors (Lipinski definition) is 3. The van der Waals surface area contributed by atoms with E-state index in [2.05, 4.69) is 0 Å². The lowest BCUT2D eigenvalue weighted by atomic mass is 10.1. The molecule has 1 aromatic rings. The third kappa shape index (κ3) is 3.70. The van der Waals surface area contributed by atoms with Gasteiger partial charge in [0.15, 0.2) is 0 Å². The second kappa shape index (κ2) is 6.70. The maximum atomic E-state index is 12.7. The minimum Gasteiger partial charge on any atom is -0.493 e. The Bertz CT molecular complexity index is 500. The van der Waals surface area contributed by atoms with Crippen LogP contribution in [0.1, 0.15) is 36.5 Å². The summed E-state index contributed by atoms with van der Waals surface area (Å²) in [5, 5.41) is 0. The standard InChI is InChI=1S/C15H20N2O2S/c1-2-19-13-6-4-3-5-12(13)15(18)17(11-7-8-11)10-9-14(16)20/h3-6,11H,2,7-10H2,1H3,(H2,16,20). The van der Waals surface area contributed by atoms with Gasteiger partial charge < -0.3 is 15.4 Å². The molecule has 0 unspecified atom stereocenters. The fourth-order valence-electron chi connectivity index (χ4n) is 2.15. The highest BCUT2D eigenvalue weighted by Gasteiger charge is 2.33. The highest BCUT2D eigenvalue weighted by molar-refractivity contribution is 7.80. The quantitative estimate of drug-likeness (QED) is 0.784. The van der Waals surface area contributed by atoms with Crippen molar-refractivity contribution in [3.63, 3.8) is 0 Å². The van der Waals surface area contributed by atoms with Crippen LogP contribution in [0.2, 0.25) is 0 Å². The number of nitrogens with zero attached hydrogens (tertiary/aromatic N) is 1. The summed E-state index contributed by atoms with van der Waals surface area (Å²) < 4.78 is 5.54. The highest BCUT2D eigenvalue weighted by atomic mass is 32.1. The molecule has 0 saturated heterocycles. The Morgan fingerprint density at radius 1 is 1.45 bits per heavy atom. The molecule has 1 aromatic carbocycles. The molecule has 1 fully saturated rings. The van der Waals surface area contributed by atoms with Gasteiger partial charge in [0.05, 0.1) is 17.2 Å². The van der Waals surface area contributed by atoms with Crippen molar-refractivity contribution in [3.05, 3.63) is 29.8 Å². The van der Waals surface area contributed by atoms with Gasteiger partial charge in [-0.3, -0.25) is 4.79 Å². The first kappa shape index (κ1) is 14.8. The van der Waals surface area contributed by atoms with Gasteiger partial charge in [-0.05, 0) is 31.9 Å². The molecule has 2 rings (SSSR count). The lowest BCUT2D eigenvalue weighted by molar-refractivity contribution is 0.0744. The number of thiocarbonyl (C=S) groups is 1. The van der Waals surface area contributed by atoms with Crippen molar-refractivity contribution in [1.29, 1.82) is 0 Å². The van der Waals surface area contributed by atoms with E-state index in [1.165, 1.54) is 0 Å². The summed E-state index contributed by atoms with van der Waals surface area (Å²) in [6.07, 6.45) is 2.67. The summed E-state index contributed by atoms with van der Waals surface area (Å²) in [5.74, 6) is 0.647. The van der Waals surface area contributed by atoms with Crippen LogP contribution in [0.15, 0.2) is 24.3 Å². The van der Waals surface area contributed by atoms with E-state index in [1.54, 1.807) is 0 Å². The van der Waals surface area contributed by atoms with Crippen LogP contribution >= 0.6 is 12.2 Å². The summed E-state index contributed by atoms with van der Waals surface area (Å²) in [7, 11) is 0. The monoisotopic (exact) mass is 292 g/mol. The molecule has 0 radical (unpaired) electrons. The molecule has 1 aliphatic rings. The minimum atomic E-state index is 0.00722. The minimum absolute atomic E-state index is 0.00722. The molecule has 5 heteroatoms. The SMILES string of the molecule is CCOc1ccccc1C(=O)N(CCC(N)=S)C1CC1. The van der Waals surface area contributed by atoms with E-state index in [4.69, 9.17) is 22.7 Å². The Kier molecular flexibility index (Phi) is 4.95. The zero-order chi connectivity index (χ0) is 14.5. The molecule has 0 spiro atoms. The maximum absolute atomic E-state index is 12.7. The summed E-state index contributed by atoms with van der Waals surface area (Å²) in [5.41, 5.74) is 6.16. The van der Waals surface area contributed by atoms with E-state index in [-0.39, 0.29) is 5.91 Å². The normalized spacial score (nSPS) is 13.8. The van der Waals surface area contributed by atoms with Crippen molar-refractivity contribution >= 4 is 23.1 Å². The molecule has 0 aromatic heterocycles. The van der Waals surface area contributed by atoms with Crippen LogP contribution in [0.5, 0.6) is 5.75 Å². The highest BCUT2D eigenvalue weighted by Crippen LogP contribution is 2.30. The van der Waals surface area contributed by atoms with Gasteiger partial charge in [-0.1, -0.05) is 24.4 Å². The summed E-state index contributed by atoms with van der Waals surface area (Å²) in [6.45, 7) is 3.03. The number of amides is 1. The number of para-hydroxylation sites is 1. The average Bonchev–Trinajstić information content (AvgIpc) is 3.24. The van der Waals surface area contributed by atoms with Gasteiger partial charge in [0.25, 0.3) is 5.91 Å². The molecule has 0 heterocycles. The van der Waals surface area contributed by atoms with Crippen LogP contribution < -0.4 is 10.5 Å².